The number of carbonyl (C=O) groups excluding carboxylic acids is 2. The zero-order chi connectivity index (χ0) is 34.1. The summed E-state index contributed by atoms with van der Waals surface area (Å²) in [6.07, 6.45) is 0.899. The highest BCUT2D eigenvalue weighted by atomic mass is 35.5. The first-order valence-corrected chi connectivity index (χ1v) is 17.4. The molecule has 0 aliphatic rings. The minimum Gasteiger partial charge on any atom is -0.495 e. The monoisotopic (exact) mass is 675 g/mol. The summed E-state index contributed by atoms with van der Waals surface area (Å²) >= 11 is 6.59. The van der Waals surface area contributed by atoms with Gasteiger partial charge in [-0.3, -0.25) is 13.9 Å². The van der Waals surface area contributed by atoms with Crippen molar-refractivity contribution < 1.29 is 22.7 Å². The van der Waals surface area contributed by atoms with Crippen molar-refractivity contribution in [2.75, 3.05) is 18.0 Å². The molecule has 2 amide bonds. The first-order valence-electron chi connectivity index (χ1n) is 15.6. The molecule has 0 aliphatic carbocycles. The van der Waals surface area contributed by atoms with Crippen LogP contribution in [0.2, 0.25) is 5.02 Å². The molecule has 0 aromatic heterocycles. The second-order valence-electron chi connectivity index (χ2n) is 11.6. The summed E-state index contributed by atoms with van der Waals surface area (Å²) in [5, 5.41) is 3.47. The fraction of sp³-hybridized carbons (Fsp3) is 0.297. The van der Waals surface area contributed by atoms with Gasteiger partial charge in [0.05, 0.1) is 17.7 Å². The Morgan fingerprint density at radius 2 is 1.53 bits per heavy atom. The van der Waals surface area contributed by atoms with E-state index in [1.165, 1.54) is 24.1 Å². The Kier molecular flexibility index (Phi) is 12.1. The van der Waals surface area contributed by atoms with E-state index < -0.39 is 28.5 Å². The van der Waals surface area contributed by atoms with Crippen LogP contribution in [-0.4, -0.2) is 50.9 Å². The highest BCUT2D eigenvalue weighted by molar-refractivity contribution is 7.92. The van der Waals surface area contributed by atoms with Gasteiger partial charge >= 0.3 is 0 Å². The molecular formula is C37H42ClN3O5S. The number of sulfonamides is 1. The maximum atomic E-state index is 14.7. The number of hydrogen-bond donors (Lipinski definition) is 1. The molecule has 0 saturated carbocycles. The van der Waals surface area contributed by atoms with Crippen LogP contribution in [0.4, 0.5) is 5.69 Å². The van der Waals surface area contributed by atoms with Gasteiger partial charge in [0.1, 0.15) is 18.3 Å². The van der Waals surface area contributed by atoms with E-state index in [9.17, 15) is 18.0 Å². The lowest BCUT2D eigenvalue weighted by Crippen LogP contribution is -2.54. The van der Waals surface area contributed by atoms with E-state index in [0.29, 0.717) is 17.0 Å². The van der Waals surface area contributed by atoms with Crippen LogP contribution in [0, 0.1) is 13.8 Å². The molecule has 0 bridgehead atoms. The number of anilines is 1. The Labute approximate surface area is 283 Å². The van der Waals surface area contributed by atoms with Crippen molar-refractivity contribution in [1.82, 2.24) is 10.2 Å². The van der Waals surface area contributed by atoms with Crippen molar-refractivity contribution in [1.29, 1.82) is 0 Å². The van der Waals surface area contributed by atoms with E-state index in [4.69, 9.17) is 16.3 Å². The summed E-state index contributed by atoms with van der Waals surface area (Å²) in [5.41, 5.74) is 3.35. The molecule has 2 atom stereocenters. The Morgan fingerprint density at radius 3 is 2.17 bits per heavy atom. The first-order chi connectivity index (χ1) is 22.4. The zero-order valence-corrected chi connectivity index (χ0v) is 29.0. The van der Waals surface area contributed by atoms with Crippen LogP contribution in [0.5, 0.6) is 5.75 Å². The number of aryl methyl sites for hydroxylation is 2. The van der Waals surface area contributed by atoms with Gasteiger partial charge in [0.15, 0.2) is 0 Å². The van der Waals surface area contributed by atoms with Crippen LogP contribution in [0.1, 0.15) is 42.5 Å². The van der Waals surface area contributed by atoms with Gasteiger partial charge in [-0.05, 0) is 74.2 Å². The van der Waals surface area contributed by atoms with Crippen molar-refractivity contribution in [3.63, 3.8) is 0 Å². The third kappa shape index (κ3) is 8.93. The highest BCUT2D eigenvalue weighted by Gasteiger charge is 2.36. The van der Waals surface area contributed by atoms with Crippen LogP contribution in [-0.2, 0) is 32.6 Å². The number of rotatable bonds is 14. The number of ether oxygens (including phenoxy) is 1. The molecule has 8 nitrogen and oxygen atoms in total. The number of amides is 2. The standard InChI is InChI=1S/C37H42ClN3O5S/c1-6-28(4)39-37(43)34(23-29-12-8-7-9-13-29)40(24-30-14-10-11-15-32(30)38)36(42)25-41(33-22-27(3)18-21-35(33)46-5)47(44,45)31-19-16-26(2)17-20-31/h7-22,28,34H,6,23-25H2,1-5H3,(H,39,43)/t28-,34-/m0/s1. The third-order valence-electron chi connectivity index (χ3n) is 8.06. The fourth-order valence-corrected chi connectivity index (χ4v) is 6.76. The third-order valence-corrected chi connectivity index (χ3v) is 10.2. The van der Waals surface area contributed by atoms with E-state index in [1.54, 1.807) is 54.6 Å². The van der Waals surface area contributed by atoms with E-state index in [-0.39, 0.29) is 41.2 Å². The average Bonchev–Trinajstić information content (AvgIpc) is 3.06. The van der Waals surface area contributed by atoms with Gasteiger partial charge in [0.25, 0.3) is 10.0 Å². The van der Waals surface area contributed by atoms with E-state index >= 15 is 0 Å². The molecule has 47 heavy (non-hydrogen) atoms. The fourth-order valence-electron chi connectivity index (χ4n) is 5.15. The number of hydrogen-bond acceptors (Lipinski definition) is 5. The zero-order valence-electron chi connectivity index (χ0n) is 27.4. The van der Waals surface area contributed by atoms with Gasteiger partial charge in [-0.25, -0.2) is 8.42 Å². The molecule has 0 fully saturated rings. The van der Waals surface area contributed by atoms with Crippen LogP contribution < -0.4 is 14.4 Å². The summed E-state index contributed by atoms with van der Waals surface area (Å²) in [4.78, 5) is 30.2. The van der Waals surface area contributed by atoms with Gasteiger partial charge in [0, 0.05) is 24.0 Å². The number of methoxy groups -OCH3 is 1. The van der Waals surface area contributed by atoms with E-state index in [0.717, 1.165) is 21.0 Å². The van der Waals surface area contributed by atoms with Crippen LogP contribution in [0.3, 0.4) is 0 Å². The molecule has 1 N–H and O–H groups in total. The number of nitrogens with zero attached hydrogens (tertiary/aromatic N) is 2. The molecule has 248 valence electrons. The van der Waals surface area contributed by atoms with Crippen molar-refractivity contribution in [3.8, 4) is 5.75 Å². The van der Waals surface area contributed by atoms with E-state index in [1.807, 2.05) is 58.0 Å². The molecule has 0 heterocycles. The number of benzene rings is 4. The predicted octanol–water partition coefficient (Wildman–Crippen LogP) is 6.72. The van der Waals surface area contributed by atoms with Crippen molar-refractivity contribution in [3.05, 3.63) is 124 Å². The van der Waals surface area contributed by atoms with Gasteiger partial charge < -0.3 is 15.0 Å². The molecule has 0 aliphatic heterocycles. The Bertz CT molecular complexity index is 1780. The molecule has 10 heteroatoms. The second-order valence-corrected chi connectivity index (χ2v) is 13.9. The molecular weight excluding hydrogens is 634 g/mol. The highest BCUT2D eigenvalue weighted by Crippen LogP contribution is 2.34. The normalized spacial score (nSPS) is 12.6. The molecule has 0 spiro atoms. The van der Waals surface area contributed by atoms with Crippen LogP contribution >= 0.6 is 11.6 Å². The number of carbonyl (C=O) groups is 2. The summed E-state index contributed by atoms with van der Waals surface area (Å²) in [6.45, 7) is 6.95. The van der Waals surface area contributed by atoms with Crippen molar-refractivity contribution in [2.45, 2.75) is 64.1 Å². The van der Waals surface area contributed by atoms with Gasteiger partial charge in [-0.15, -0.1) is 0 Å². The smallest absolute Gasteiger partial charge is 0.264 e. The average molecular weight is 676 g/mol. The molecule has 0 unspecified atom stereocenters. The van der Waals surface area contributed by atoms with Gasteiger partial charge in [0.2, 0.25) is 11.8 Å². The molecule has 0 saturated heterocycles. The lowest BCUT2D eigenvalue weighted by molar-refractivity contribution is -0.140. The molecule has 4 aromatic carbocycles. The Morgan fingerprint density at radius 1 is 0.894 bits per heavy atom. The van der Waals surface area contributed by atoms with Crippen molar-refractivity contribution in [2.24, 2.45) is 0 Å². The summed E-state index contributed by atoms with van der Waals surface area (Å²) in [7, 11) is -2.83. The van der Waals surface area contributed by atoms with Gasteiger partial charge in [-0.1, -0.05) is 90.8 Å². The number of halogens is 1. The molecule has 0 radical (unpaired) electrons. The number of nitrogens with one attached hydrogen (secondary N) is 1. The summed E-state index contributed by atoms with van der Waals surface area (Å²) in [5.74, 6) is -0.638. The Balaban J connectivity index is 1.87. The quantitative estimate of drug-likeness (QED) is 0.160. The minimum atomic E-state index is -4.28. The molecule has 4 aromatic rings. The van der Waals surface area contributed by atoms with E-state index in [2.05, 4.69) is 5.32 Å². The maximum absolute atomic E-state index is 14.7. The van der Waals surface area contributed by atoms with Gasteiger partial charge in [-0.2, -0.15) is 0 Å². The topological polar surface area (TPSA) is 96.0 Å². The summed E-state index contributed by atoms with van der Waals surface area (Å²) < 4.78 is 35.4. The molecule has 4 rings (SSSR count). The Hall–Kier alpha value is -4.34. The minimum absolute atomic E-state index is 0.0205. The lowest BCUT2D eigenvalue weighted by atomic mass is 10.0. The maximum Gasteiger partial charge on any atom is 0.264 e. The lowest BCUT2D eigenvalue weighted by Gasteiger charge is -2.34. The first kappa shape index (κ1) is 35.5. The largest absolute Gasteiger partial charge is 0.495 e. The summed E-state index contributed by atoms with van der Waals surface area (Å²) in [6, 6.07) is 27.0. The van der Waals surface area contributed by atoms with Crippen LogP contribution in [0.15, 0.2) is 102 Å². The van der Waals surface area contributed by atoms with Crippen molar-refractivity contribution >= 4 is 39.1 Å². The second kappa shape index (κ2) is 16.0. The predicted molar refractivity (Wildman–Crippen MR) is 187 cm³/mol. The SMILES string of the molecule is CC[C@H](C)NC(=O)[C@H](Cc1ccccc1)N(Cc1ccccc1Cl)C(=O)CN(c1cc(C)ccc1OC)S(=O)(=O)c1ccc(C)cc1. The van der Waals surface area contributed by atoms with Crippen LogP contribution in [0.25, 0.3) is 0 Å².